The van der Waals surface area contributed by atoms with Crippen LogP contribution in [0.15, 0.2) is 65.0 Å². The lowest BCUT2D eigenvalue weighted by Crippen LogP contribution is -2.44. The molecule has 1 aliphatic heterocycles. The van der Waals surface area contributed by atoms with E-state index in [0.29, 0.717) is 42.3 Å². The Balaban J connectivity index is 1.50. The molecule has 5 rings (SSSR count). The second-order valence-corrected chi connectivity index (χ2v) is 13.2. The molecule has 0 unspecified atom stereocenters. The first kappa shape index (κ1) is 30.4. The molecular formula is C35H42N2O6. The quantitative estimate of drug-likeness (QED) is 0.381. The van der Waals surface area contributed by atoms with Gasteiger partial charge >= 0.3 is 0 Å². The van der Waals surface area contributed by atoms with Crippen molar-refractivity contribution in [2.45, 2.75) is 66.2 Å². The lowest BCUT2D eigenvalue weighted by molar-refractivity contribution is -0.120. The van der Waals surface area contributed by atoms with Gasteiger partial charge in [-0.1, -0.05) is 45.9 Å². The number of hydrogen-bond donors (Lipinski definition) is 1. The standard InChI is InChI=1S/C35H42N2O6/c1-8-37-23-16-34(2,3)18-25(38)32(23)31(33-24(37)17-35(4,5)19-26(33)39)21-13-14-28(29(15-21)42-7)43-20-30(40)36-22-11-9-10-12-27(22)41-6/h9-15,31H,8,16-20H2,1-7H3,(H,36,40). The molecule has 0 aromatic heterocycles. The van der Waals surface area contributed by atoms with E-state index < -0.39 is 5.92 Å². The summed E-state index contributed by atoms with van der Waals surface area (Å²) < 4.78 is 16.9. The number of para-hydroxylation sites is 2. The predicted octanol–water partition coefficient (Wildman–Crippen LogP) is 6.43. The van der Waals surface area contributed by atoms with Gasteiger partial charge in [-0.05, 0) is 60.4 Å². The van der Waals surface area contributed by atoms with Gasteiger partial charge in [-0.2, -0.15) is 0 Å². The number of methoxy groups -OCH3 is 2. The Morgan fingerprint density at radius 1 is 0.837 bits per heavy atom. The van der Waals surface area contributed by atoms with Crippen molar-refractivity contribution in [1.82, 2.24) is 4.90 Å². The molecule has 0 spiro atoms. The number of nitrogens with zero attached hydrogens (tertiary/aromatic N) is 1. The van der Waals surface area contributed by atoms with Crippen LogP contribution in [0.4, 0.5) is 5.69 Å². The highest BCUT2D eigenvalue weighted by Crippen LogP contribution is 2.54. The highest BCUT2D eigenvalue weighted by Gasteiger charge is 2.48. The summed E-state index contributed by atoms with van der Waals surface area (Å²) in [5, 5.41) is 2.81. The van der Waals surface area contributed by atoms with Crippen LogP contribution in [0.2, 0.25) is 0 Å². The van der Waals surface area contributed by atoms with Gasteiger partial charge in [0.1, 0.15) is 5.75 Å². The third kappa shape index (κ3) is 5.92. The molecule has 228 valence electrons. The van der Waals surface area contributed by atoms with Crippen LogP contribution in [-0.2, 0) is 14.4 Å². The van der Waals surface area contributed by atoms with Gasteiger partial charge in [0.25, 0.3) is 5.91 Å². The zero-order chi connectivity index (χ0) is 31.1. The molecule has 8 nitrogen and oxygen atoms in total. The van der Waals surface area contributed by atoms with E-state index in [2.05, 4.69) is 44.8 Å². The minimum absolute atomic E-state index is 0.0891. The fraction of sp³-hybridized carbons (Fsp3) is 0.457. The first-order valence-electron chi connectivity index (χ1n) is 14.9. The highest BCUT2D eigenvalue weighted by molar-refractivity contribution is 6.07. The monoisotopic (exact) mass is 586 g/mol. The number of anilines is 1. The van der Waals surface area contributed by atoms with Gasteiger partial charge < -0.3 is 24.4 Å². The smallest absolute Gasteiger partial charge is 0.262 e. The van der Waals surface area contributed by atoms with E-state index in [9.17, 15) is 14.4 Å². The second-order valence-electron chi connectivity index (χ2n) is 13.2. The molecule has 2 aromatic rings. The Labute approximate surface area is 254 Å². The number of allylic oxidation sites excluding steroid dienone is 4. The number of nitrogens with one attached hydrogen (secondary N) is 1. The average molecular weight is 587 g/mol. The van der Waals surface area contributed by atoms with Crippen molar-refractivity contribution in [2.24, 2.45) is 10.8 Å². The van der Waals surface area contributed by atoms with Crippen LogP contribution in [-0.4, -0.2) is 49.7 Å². The van der Waals surface area contributed by atoms with E-state index in [0.717, 1.165) is 40.9 Å². The molecular weight excluding hydrogens is 544 g/mol. The topological polar surface area (TPSA) is 94.2 Å². The highest BCUT2D eigenvalue weighted by atomic mass is 16.5. The molecule has 1 heterocycles. The van der Waals surface area contributed by atoms with Gasteiger partial charge in [-0.15, -0.1) is 0 Å². The predicted molar refractivity (Wildman–Crippen MR) is 165 cm³/mol. The molecule has 1 amide bonds. The van der Waals surface area contributed by atoms with Crippen molar-refractivity contribution in [3.63, 3.8) is 0 Å². The van der Waals surface area contributed by atoms with Crippen LogP contribution in [0.3, 0.4) is 0 Å². The lowest BCUT2D eigenvalue weighted by Gasteiger charge is -2.48. The van der Waals surface area contributed by atoms with Crippen molar-refractivity contribution >= 4 is 23.2 Å². The van der Waals surface area contributed by atoms with Crippen molar-refractivity contribution in [2.75, 3.05) is 32.7 Å². The molecule has 8 heteroatoms. The zero-order valence-corrected chi connectivity index (χ0v) is 26.3. The van der Waals surface area contributed by atoms with Crippen molar-refractivity contribution < 1.29 is 28.6 Å². The van der Waals surface area contributed by atoms with E-state index in [1.807, 2.05) is 24.3 Å². The maximum atomic E-state index is 13.9. The minimum Gasteiger partial charge on any atom is -0.495 e. The SMILES string of the molecule is CCN1C2=C(C(=O)CC(C)(C)C2)C(c2ccc(OCC(=O)Nc3ccccc3OC)c(OC)c2)C2=C1CC(C)(C)CC2=O. The summed E-state index contributed by atoms with van der Waals surface area (Å²) in [5.41, 5.74) is 4.53. The number of carbonyl (C=O) groups excluding carboxylic acids is 3. The molecule has 0 saturated heterocycles. The van der Waals surface area contributed by atoms with Gasteiger partial charge in [-0.3, -0.25) is 14.4 Å². The largest absolute Gasteiger partial charge is 0.495 e. The van der Waals surface area contributed by atoms with Crippen molar-refractivity contribution in [1.29, 1.82) is 0 Å². The Bertz CT molecular complexity index is 1480. The number of hydrogen-bond acceptors (Lipinski definition) is 7. The lowest BCUT2D eigenvalue weighted by atomic mass is 9.63. The number of rotatable bonds is 8. The van der Waals surface area contributed by atoms with E-state index in [4.69, 9.17) is 14.2 Å². The van der Waals surface area contributed by atoms with Gasteiger partial charge in [0.05, 0.1) is 19.9 Å². The van der Waals surface area contributed by atoms with Gasteiger partial charge in [0.2, 0.25) is 0 Å². The molecule has 2 aliphatic carbocycles. The van der Waals surface area contributed by atoms with Gasteiger partial charge in [0, 0.05) is 47.8 Å². The Hall–Kier alpha value is -4.07. The summed E-state index contributed by atoms with van der Waals surface area (Å²) in [4.78, 5) is 42.7. The Kier molecular flexibility index (Phi) is 8.16. The van der Waals surface area contributed by atoms with E-state index in [-0.39, 0.29) is 34.9 Å². The average Bonchev–Trinajstić information content (AvgIpc) is 2.94. The van der Waals surface area contributed by atoms with Crippen LogP contribution in [0.1, 0.15) is 71.8 Å². The van der Waals surface area contributed by atoms with Crippen LogP contribution in [0, 0.1) is 10.8 Å². The maximum absolute atomic E-state index is 13.9. The molecule has 0 atom stereocenters. The fourth-order valence-corrected chi connectivity index (χ4v) is 6.82. The maximum Gasteiger partial charge on any atom is 0.262 e. The van der Waals surface area contributed by atoms with E-state index in [1.165, 1.54) is 0 Å². The number of ketones is 2. The molecule has 0 saturated carbocycles. The Morgan fingerprint density at radius 2 is 1.42 bits per heavy atom. The second kappa shape index (κ2) is 11.5. The number of amides is 1. The normalized spacial score (nSPS) is 19.6. The third-order valence-electron chi connectivity index (χ3n) is 8.60. The number of ether oxygens (including phenoxy) is 3. The number of benzene rings is 2. The van der Waals surface area contributed by atoms with Gasteiger partial charge in [-0.25, -0.2) is 0 Å². The molecule has 0 fully saturated rings. The molecule has 2 aromatic carbocycles. The summed E-state index contributed by atoms with van der Waals surface area (Å²) >= 11 is 0. The first-order chi connectivity index (χ1) is 20.4. The third-order valence-corrected chi connectivity index (χ3v) is 8.60. The van der Waals surface area contributed by atoms with E-state index >= 15 is 0 Å². The molecule has 1 N–H and O–H groups in total. The summed E-state index contributed by atoms with van der Waals surface area (Å²) in [6, 6.07) is 12.6. The molecule has 3 aliphatic rings. The number of Topliss-reactive ketones (excluding diaryl/α,β-unsaturated/α-hetero) is 2. The number of carbonyl (C=O) groups is 3. The molecule has 0 bridgehead atoms. The summed E-state index contributed by atoms with van der Waals surface area (Å²) in [6.45, 7) is 11.1. The van der Waals surface area contributed by atoms with E-state index in [1.54, 1.807) is 32.4 Å². The Morgan fingerprint density at radius 3 is 1.98 bits per heavy atom. The van der Waals surface area contributed by atoms with Gasteiger partial charge in [0.15, 0.2) is 29.7 Å². The van der Waals surface area contributed by atoms with Crippen LogP contribution in [0.5, 0.6) is 17.2 Å². The summed E-state index contributed by atoms with van der Waals surface area (Å²) in [7, 11) is 3.08. The van der Waals surface area contributed by atoms with Crippen molar-refractivity contribution in [3.8, 4) is 17.2 Å². The van der Waals surface area contributed by atoms with Crippen LogP contribution in [0.25, 0.3) is 0 Å². The zero-order valence-electron chi connectivity index (χ0n) is 26.3. The molecule has 43 heavy (non-hydrogen) atoms. The molecule has 0 radical (unpaired) electrons. The first-order valence-corrected chi connectivity index (χ1v) is 14.9. The minimum atomic E-state index is -0.475. The summed E-state index contributed by atoms with van der Waals surface area (Å²) in [6.07, 6.45) is 2.40. The van der Waals surface area contributed by atoms with Crippen LogP contribution < -0.4 is 19.5 Å². The van der Waals surface area contributed by atoms with Crippen molar-refractivity contribution in [3.05, 3.63) is 70.6 Å². The van der Waals surface area contributed by atoms with Crippen LogP contribution >= 0.6 is 0 Å². The summed E-state index contributed by atoms with van der Waals surface area (Å²) in [5.74, 6) is 0.725. The fourth-order valence-electron chi connectivity index (χ4n) is 6.82.